The average Bonchev–Trinajstić information content (AvgIpc) is 3.37. The van der Waals surface area contributed by atoms with Crippen LogP contribution in [0.2, 0.25) is 0 Å². The van der Waals surface area contributed by atoms with Gasteiger partial charge < -0.3 is 18.9 Å². The summed E-state index contributed by atoms with van der Waals surface area (Å²) in [5, 5.41) is 0. The van der Waals surface area contributed by atoms with Crippen LogP contribution in [0.15, 0.2) is 18.2 Å². The minimum atomic E-state index is 0.198. The summed E-state index contributed by atoms with van der Waals surface area (Å²) in [4.78, 5) is 0. The second kappa shape index (κ2) is 5.35. The highest BCUT2D eigenvalue weighted by Gasteiger charge is 2.29. The molecule has 1 aromatic carbocycles. The molecule has 4 nitrogen and oxygen atoms in total. The Morgan fingerprint density at radius 3 is 2.70 bits per heavy atom. The molecule has 0 spiro atoms. The SMILES string of the molecule is c1cc(OCC2CO2)c2c(c1)C(OCC1CO1)CCC2. The molecule has 2 fully saturated rings. The monoisotopic (exact) mass is 276 g/mol. The van der Waals surface area contributed by atoms with Crippen molar-refractivity contribution in [2.24, 2.45) is 0 Å². The van der Waals surface area contributed by atoms with Crippen molar-refractivity contribution in [1.82, 2.24) is 0 Å². The lowest BCUT2D eigenvalue weighted by Gasteiger charge is -2.27. The highest BCUT2D eigenvalue weighted by atomic mass is 16.6. The van der Waals surface area contributed by atoms with E-state index in [9.17, 15) is 0 Å². The fraction of sp³-hybridized carbons (Fsp3) is 0.625. The normalized spacial score (nSPS) is 30.7. The van der Waals surface area contributed by atoms with Gasteiger partial charge in [-0.1, -0.05) is 12.1 Å². The Labute approximate surface area is 119 Å². The van der Waals surface area contributed by atoms with Crippen LogP contribution in [-0.4, -0.2) is 38.6 Å². The zero-order valence-electron chi connectivity index (χ0n) is 11.5. The van der Waals surface area contributed by atoms with Gasteiger partial charge in [0.05, 0.1) is 25.9 Å². The Morgan fingerprint density at radius 2 is 1.90 bits per heavy atom. The van der Waals surface area contributed by atoms with E-state index >= 15 is 0 Å². The lowest BCUT2D eigenvalue weighted by molar-refractivity contribution is 0.0306. The maximum atomic E-state index is 6.02. The van der Waals surface area contributed by atoms with Crippen molar-refractivity contribution in [1.29, 1.82) is 0 Å². The van der Waals surface area contributed by atoms with E-state index in [2.05, 4.69) is 18.2 Å². The van der Waals surface area contributed by atoms with Crippen LogP contribution in [-0.2, 0) is 20.6 Å². The smallest absolute Gasteiger partial charge is 0.122 e. The van der Waals surface area contributed by atoms with Crippen LogP contribution in [0.25, 0.3) is 0 Å². The van der Waals surface area contributed by atoms with Crippen LogP contribution < -0.4 is 4.74 Å². The summed E-state index contributed by atoms with van der Waals surface area (Å²) in [6.45, 7) is 3.06. The summed E-state index contributed by atoms with van der Waals surface area (Å²) in [6.07, 6.45) is 4.15. The van der Waals surface area contributed by atoms with Crippen LogP contribution in [0.4, 0.5) is 0 Å². The number of hydrogen-bond donors (Lipinski definition) is 0. The molecule has 0 radical (unpaired) electrons. The first-order chi connectivity index (χ1) is 9.90. The maximum absolute atomic E-state index is 6.02. The van der Waals surface area contributed by atoms with E-state index in [1.54, 1.807) is 0 Å². The molecular weight excluding hydrogens is 256 g/mol. The molecule has 2 heterocycles. The van der Waals surface area contributed by atoms with Gasteiger partial charge in [0.15, 0.2) is 0 Å². The predicted molar refractivity (Wildman–Crippen MR) is 73.0 cm³/mol. The molecule has 4 heteroatoms. The van der Waals surface area contributed by atoms with Crippen LogP contribution in [0.1, 0.15) is 30.1 Å². The van der Waals surface area contributed by atoms with Crippen molar-refractivity contribution >= 4 is 0 Å². The number of ether oxygens (including phenoxy) is 4. The first-order valence-electron chi connectivity index (χ1n) is 7.49. The number of epoxide rings is 2. The fourth-order valence-electron chi connectivity index (χ4n) is 2.81. The van der Waals surface area contributed by atoms with Gasteiger partial charge in [-0.2, -0.15) is 0 Å². The van der Waals surface area contributed by atoms with E-state index in [0.717, 1.165) is 38.2 Å². The molecule has 4 rings (SSSR count). The van der Waals surface area contributed by atoms with Gasteiger partial charge in [0, 0.05) is 0 Å². The number of benzene rings is 1. The third-order valence-electron chi connectivity index (χ3n) is 4.12. The molecule has 1 aliphatic carbocycles. The van der Waals surface area contributed by atoms with Crippen molar-refractivity contribution in [3.05, 3.63) is 29.3 Å². The Bertz CT molecular complexity index is 479. The molecule has 2 aliphatic heterocycles. The molecule has 0 bridgehead atoms. The highest BCUT2D eigenvalue weighted by molar-refractivity contribution is 5.43. The second-order valence-electron chi connectivity index (χ2n) is 5.76. The van der Waals surface area contributed by atoms with Crippen molar-refractivity contribution in [3.8, 4) is 5.75 Å². The maximum Gasteiger partial charge on any atom is 0.122 e. The van der Waals surface area contributed by atoms with Crippen molar-refractivity contribution in [2.75, 3.05) is 26.4 Å². The first-order valence-corrected chi connectivity index (χ1v) is 7.49. The average molecular weight is 276 g/mol. The van der Waals surface area contributed by atoms with Gasteiger partial charge in [0.1, 0.15) is 24.6 Å². The molecule has 3 atom stereocenters. The fourth-order valence-corrected chi connectivity index (χ4v) is 2.81. The summed E-state index contributed by atoms with van der Waals surface area (Å²) < 4.78 is 22.4. The first kappa shape index (κ1) is 12.6. The summed E-state index contributed by atoms with van der Waals surface area (Å²) in [7, 11) is 0. The zero-order chi connectivity index (χ0) is 13.4. The lowest BCUT2D eigenvalue weighted by atomic mass is 9.88. The van der Waals surface area contributed by atoms with E-state index in [1.807, 2.05) is 0 Å². The molecule has 0 saturated carbocycles. The molecule has 0 amide bonds. The van der Waals surface area contributed by atoms with Gasteiger partial charge in [-0.3, -0.25) is 0 Å². The predicted octanol–water partition coefficient (Wildman–Crippen LogP) is 2.26. The number of fused-ring (bicyclic) bond motifs is 1. The van der Waals surface area contributed by atoms with Crippen molar-refractivity contribution in [2.45, 2.75) is 37.6 Å². The summed E-state index contributed by atoms with van der Waals surface area (Å²) in [5.74, 6) is 1.01. The van der Waals surface area contributed by atoms with Crippen molar-refractivity contribution < 1.29 is 18.9 Å². The van der Waals surface area contributed by atoms with E-state index in [-0.39, 0.29) is 6.10 Å². The number of rotatable bonds is 6. The van der Waals surface area contributed by atoms with Gasteiger partial charge in [0.2, 0.25) is 0 Å². The third kappa shape index (κ3) is 2.82. The standard InChI is InChI=1S/C16H20O4/c1-3-13-14(15(5-1)19-9-11-7-17-11)4-2-6-16(13)20-10-12-8-18-12/h1,3,5,11-12,16H,2,4,6-10H2. The Morgan fingerprint density at radius 1 is 1.10 bits per heavy atom. The van der Waals surface area contributed by atoms with Gasteiger partial charge in [-0.05, 0) is 36.5 Å². The molecule has 0 aromatic heterocycles. The summed E-state index contributed by atoms with van der Waals surface area (Å²) in [6, 6.07) is 6.30. The molecule has 1 aromatic rings. The van der Waals surface area contributed by atoms with Gasteiger partial charge >= 0.3 is 0 Å². The van der Waals surface area contributed by atoms with Crippen LogP contribution in [0, 0.1) is 0 Å². The summed E-state index contributed by atoms with van der Waals surface area (Å²) >= 11 is 0. The molecule has 108 valence electrons. The Kier molecular flexibility index (Phi) is 3.38. The molecular formula is C16H20O4. The van der Waals surface area contributed by atoms with E-state index in [0.29, 0.717) is 25.4 Å². The van der Waals surface area contributed by atoms with Crippen molar-refractivity contribution in [3.63, 3.8) is 0 Å². The van der Waals surface area contributed by atoms with E-state index in [1.165, 1.54) is 11.1 Å². The molecule has 3 aliphatic rings. The third-order valence-corrected chi connectivity index (χ3v) is 4.12. The van der Waals surface area contributed by atoms with Crippen LogP contribution in [0.5, 0.6) is 5.75 Å². The minimum Gasteiger partial charge on any atom is -0.490 e. The van der Waals surface area contributed by atoms with Gasteiger partial charge in [-0.25, -0.2) is 0 Å². The quantitative estimate of drug-likeness (QED) is 0.748. The minimum absolute atomic E-state index is 0.198. The Balaban J connectivity index is 1.48. The van der Waals surface area contributed by atoms with E-state index in [4.69, 9.17) is 18.9 Å². The zero-order valence-corrected chi connectivity index (χ0v) is 11.5. The molecule has 0 N–H and O–H groups in total. The highest BCUT2D eigenvalue weighted by Crippen LogP contribution is 2.38. The summed E-state index contributed by atoms with van der Waals surface area (Å²) in [5.41, 5.74) is 2.62. The molecule has 20 heavy (non-hydrogen) atoms. The van der Waals surface area contributed by atoms with Gasteiger partial charge in [-0.15, -0.1) is 0 Å². The second-order valence-corrected chi connectivity index (χ2v) is 5.76. The van der Waals surface area contributed by atoms with E-state index < -0.39 is 0 Å². The topological polar surface area (TPSA) is 43.5 Å². The molecule has 3 unspecified atom stereocenters. The lowest BCUT2D eigenvalue weighted by Crippen LogP contribution is -2.17. The largest absolute Gasteiger partial charge is 0.490 e. The molecule has 2 saturated heterocycles. The Hall–Kier alpha value is -1.10. The van der Waals surface area contributed by atoms with Crippen LogP contribution >= 0.6 is 0 Å². The number of hydrogen-bond acceptors (Lipinski definition) is 4. The van der Waals surface area contributed by atoms with Crippen LogP contribution in [0.3, 0.4) is 0 Å². The van der Waals surface area contributed by atoms with Gasteiger partial charge in [0.25, 0.3) is 0 Å².